The molecule has 1 aromatic rings. The van der Waals surface area contributed by atoms with Gasteiger partial charge >= 0.3 is 0 Å². The van der Waals surface area contributed by atoms with Crippen LogP contribution in [0.25, 0.3) is 0 Å². The van der Waals surface area contributed by atoms with E-state index in [2.05, 4.69) is 25.8 Å². The molecule has 4 nitrogen and oxygen atoms in total. The minimum absolute atomic E-state index is 0.120. The van der Waals surface area contributed by atoms with E-state index in [1.165, 1.54) is 0 Å². The van der Waals surface area contributed by atoms with E-state index in [0.717, 1.165) is 23.3 Å². The van der Waals surface area contributed by atoms with E-state index in [4.69, 9.17) is 4.74 Å². The third kappa shape index (κ3) is 1.55. The zero-order valence-corrected chi connectivity index (χ0v) is 10.2. The van der Waals surface area contributed by atoms with E-state index in [9.17, 15) is 4.79 Å². The number of anilines is 1. The Hall–Kier alpha value is -0.940. The number of aromatic nitrogens is 1. The first-order chi connectivity index (χ1) is 7.75. The number of halogens is 1. The fourth-order valence-corrected chi connectivity index (χ4v) is 2.63. The van der Waals surface area contributed by atoms with E-state index in [-0.39, 0.29) is 11.8 Å². The Morgan fingerprint density at radius 1 is 1.56 bits per heavy atom. The minimum atomic E-state index is 0.120. The number of Topliss-reactive ketones (excluding diaryl/α,β-unsaturated/α-hetero) is 1. The number of morpholine rings is 1. The monoisotopic (exact) mass is 282 g/mol. The summed E-state index contributed by atoms with van der Waals surface area (Å²) >= 11 is 3.40. The van der Waals surface area contributed by atoms with Crippen molar-refractivity contribution in [3.05, 3.63) is 22.4 Å². The van der Waals surface area contributed by atoms with E-state index in [0.29, 0.717) is 18.7 Å². The van der Waals surface area contributed by atoms with Gasteiger partial charge in [-0.2, -0.15) is 0 Å². The molecule has 5 heteroatoms. The summed E-state index contributed by atoms with van der Waals surface area (Å²) in [6.45, 7) is 2.19. The highest BCUT2D eigenvalue weighted by Gasteiger charge is 2.34. The smallest absolute Gasteiger partial charge is 0.185 e. The molecule has 0 saturated carbocycles. The van der Waals surface area contributed by atoms with Crippen molar-refractivity contribution in [3.63, 3.8) is 0 Å². The maximum atomic E-state index is 11.9. The summed E-state index contributed by atoms with van der Waals surface area (Å²) in [7, 11) is 0. The molecule has 0 amide bonds. The van der Waals surface area contributed by atoms with Crippen LogP contribution < -0.4 is 4.90 Å². The molecule has 0 bridgehead atoms. The molecule has 2 aliphatic rings. The lowest BCUT2D eigenvalue weighted by molar-refractivity contribution is 0.0760. The number of pyridine rings is 1. The van der Waals surface area contributed by atoms with Crippen LogP contribution in [-0.4, -0.2) is 36.6 Å². The molecule has 16 heavy (non-hydrogen) atoms. The topological polar surface area (TPSA) is 42.4 Å². The fourth-order valence-electron chi connectivity index (χ4n) is 2.31. The summed E-state index contributed by atoms with van der Waals surface area (Å²) in [5, 5.41) is 0. The highest BCUT2D eigenvalue weighted by Crippen LogP contribution is 2.32. The largest absolute Gasteiger partial charge is 0.377 e. The molecule has 1 aromatic heterocycles. The molecule has 1 saturated heterocycles. The number of fused-ring (bicyclic) bond motifs is 3. The lowest BCUT2D eigenvalue weighted by atomic mass is 9.98. The Morgan fingerprint density at radius 2 is 2.44 bits per heavy atom. The molecule has 1 fully saturated rings. The van der Waals surface area contributed by atoms with Crippen molar-refractivity contribution >= 4 is 27.4 Å². The van der Waals surface area contributed by atoms with Crippen LogP contribution in [0, 0.1) is 0 Å². The van der Waals surface area contributed by atoms with E-state index >= 15 is 0 Å². The van der Waals surface area contributed by atoms with Gasteiger partial charge in [0.2, 0.25) is 0 Å². The maximum Gasteiger partial charge on any atom is 0.185 e. The minimum Gasteiger partial charge on any atom is -0.377 e. The first-order valence-electron chi connectivity index (χ1n) is 5.29. The summed E-state index contributed by atoms with van der Waals surface area (Å²) < 4.78 is 6.32. The van der Waals surface area contributed by atoms with Gasteiger partial charge in [-0.1, -0.05) is 0 Å². The van der Waals surface area contributed by atoms with Gasteiger partial charge < -0.3 is 9.64 Å². The first-order valence-corrected chi connectivity index (χ1v) is 6.08. The van der Waals surface area contributed by atoms with Gasteiger partial charge in [0.15, 0.2) is 5.78 Å². The lowest BCUT2D eigenvalue weighted by Crippen LogP contribution is -2.49. The second-order valence-electron chi connectivity index (χ2n) is 4.07. The number of hydrogen-bond acceptors (Lipinski definition) is 4. The number of rotatable bonds is 0. The second kappa shape index (κ2) is 3.82. The Kier molecular flexibility index (Phi) is 2.44. The van der Waals surface area contributed by atoms with Crippen molar-refractivity contribution < 1.29 is 9.53 Å². The van der Waals surface area contributed by atoms with Gasteiger partial charge in [-0.05, 0) is 22.0 Å². The molecular weight excluding hydrogens is 272 g/mol. The predicted octanol–water partition coefficient (Wildman–Crippen LogP) is 1.64. The Labute approximate surface area is 102 Å². The summed E-state index contributed by atoms with van der Waals surface area (Å²) in [6.07, 6.45) is 2.19. The molecule has 0 aromatic carbocycles. The van der Waals surface area contributed by atoms with Gasteiger partial charge in [0.05, 0.1) is 24.9 Å². The number of hydrogen-bond donors (Lipinski definition) is 0. The van der Waals surface area contributed by atoms with Crippen LogP contribution in [0.5, 0.6) is 0 Å². The molecule has 2 aliphatic heterocycles. The van der Waals surface area contributed by atoms with Crippen LogP contribution in [-0.2, 0) is 4.74 Å². The van der Waals surface area contributed by atoms with Crippen LogP contribution in [0.1, 0.15) is 16.9 Å². The lowest BCUT2D eigenvalue weighted by Gasteiger charge is -2.40. The van der Waals surface area contributed by atoms with Gasteiger partial charge in [0, 0.05) is 23.6 Å². The van der Waals surface area contributed by atoms with Gasteiger partial charge in [-0.25, -0.2) is 4.98 Å². The average molecular weight is 283 g/mol. The summed E-state index contributed by atoms with van der Waals surface area (Å²) in [5.74, 6) is 0.120. The predicted molar refractivity (Wildman–Crippen MR) is 62.8 cm³/mol. The van der Waals surface area contributed by atoms with E-state index < -0.39 is 0 Å². The zero-order chi connectivity index (χ0) is 11.1. The highest BCUT2D eigenvalue weighted by molar-refractivity contribution is 9.10. The molecule has 0 aliphatic carbocycles. The quantitative estimate of drug-likeness (QED) is 0.726. The fraction of sp³-hybridized carbons (Fsp3) is 0.455. The van der Waals surface area contributed by atoms with Crippen molar-refractivity contribution in [3.8, 4) is 0 Å². The summed E-state index contributed by atoms with van der Waals surface area (Å²) in [6, 6.07) is 2.15. The second-order valence-corrected chi connectivity index (χ2v) is 4.99. The van der Waals surface area contributed by atoms with Gasteiger partial charge in [0.25, 0.3) is 0 Å². The summed E-state index contributed by atoms with van der Waals surface area (Å²) in [4.78, 5) is 18.3. The van der Waals surface area contributed by atoms with E-state index in [1.807, 2.05) is 6.07 Å². The molecule has 0 spiro atoms. The molecule has 1 unspecified atom stereocenters. The molecule has 0 N–H and O–H groups in total. The number of carbonyl (C=O) groups excluding carboxylic acids is 1. The van der Waals surface area contributed by atoms with Crippen molar-refractivity contribution in [1.82, 2.24) is 4.98 Å². The number of ether oxygens (including phenoxy) is 1. The van der Waals surface area contributed by atoms with Crippen molar-refractivity contribution in [1.29, 1.82) is 0 Å². The van der Waals surface area contributed by atoms with Gasteiger partial charge in [0.1, 0.15) is 5.69 Å². The molecular formula is C11H11BrN2O2. The molecule has 0 radical (unpaired) electrons. The highest BCUT2D eigenvalue weighted by atomic mass is 79.9. The van der Waals surface area contributed by atoms with Crippen LogP contribution in [0.4, 0.5) is 5.69 Å². The Bertz CT molecular complexity index is 450. The standard InChI is InChI=1S/C11H11BrN2O2/c12-7-3-9-11(13-5-7)10(15)4-8-6-16-2-1-14(8)9/h3,5,8H,1-2,4,6H2. The SMILES string of the molecule is O=C1CC2COCCN2c2cc(Br)cnc21. The van der Waals surface area contributed by atoms with Crippen molar-refractivity contribution in [2.45, 2.75) is 12.5 Å². The van der Waals surface area contributed by atoms with E-state index in [1.54, 1.807) is 6.20 Å². The van der Waals surface area contributed by atoms with Gasteiger partial charge in [-0.15, -0.1) is 0 Å². The molecule has 1 atom stereocenters. The third-order valence-corrected chi connectivity index (χ3v) is 3.49. The number of carbonyl (C=O) groups is 1. The van der Waals surface area contributed by atoms with Crippen LogP contribution in [0.15, 0.2) is 16.7 Å². The van der Waals surface area contributed by atoms with Crippen LogP contribution in [0.2, 0.25) is 0 Å². The van der Waals surface area contributed by atoms with Crippen molar-refractivity contribution in [2.75, 3.05) is 24.7 Å². The maximum absolute atomic E-state index is 11.9. The molecule has 3 heterocycles. The Morgan fingerprint density at radius 3 is 3.31 bits per heavy atom. The van der Waals surface area contributed by atoms with Crippen LogP contribution in [0.3, 0.4) is 0 Å². The van der Waals surface area contributed by atoms with Crippen LogP contribution >= 0.6 is 15.9 Å². The van der Waals surface area contributed by atoms with Gasteiger partial charge in [-0.3, -0.25) is 4.79 Å². The summed E-state index contributed by atoms with van der Waals surface area (Å²) in [5.41, 5.74) is 1.54. The number of nitrogens with zero attached hydrogens (tertiary/aromatic N) is 2. The zero-order valence-electron chi connectivity index (χ0n) is 8.65. The third-order valence-electron chi connectivity index (χ3n) is 3.06. The Balaban J connectivity index is 2.09. The molecule has 84 valence electrons. The normalized spacial score (nSPS) is 23.9. The van der Waals surface area contributed by atoms with Crippen molar-refractivity contribution in [2.24, 2.45) is 0 Å². The number of ketones is 1. The molecule has 3 rings (SSSR count). The first kappa shape index (κ1) is 10.2. The average Bonchev–Trinajstić information content (AvgIpc) is 2.29.